The van der Waals surface area contributed by atoms with Gasteiger partial charge in [0.2, 0.25) is 0 Å². The molecule has 2 nitrogen and oxygen atoms in total. The molecule has 1 N–H and O–H groups in total. The van der Waals surface area contributed by atoms with E-state index in [2.05, 4.69) is 4.98 Å². The Morgan fingerprint density at radius 3 is 2.60 bits per heavy atom. The van der Waals surface area contributed by atoms with Gasteiger partial charge in [0.15, 0.2) is 4.77 Å². The molecule has 20 heavy (non-hydrogen) atoms. The van der Waals surface area contributed by atoms with Crippen molar-refractivity contribution in [3.63, 3.8) is 0 Å². The molecule has 0 saturated heterocycles. The van der Waals surface area contributed by atoms with Crippen molar-refractivity contribution in [2.75, 3.05) is 0 Å². The van der Waals surface area contributed by atoms with Crippen LogP contribution in [0.5, 0.6) is 0 Å². The lowest BCUT2D eigenvalue weighted by Crippen LogP contribution is -1.98. The van der Waals surface area contributed by atoms with E-state index in [1.165, 1.54) is 16.7 Å². The van der Waals surface area contributed by atoms with E-state index in [1.54, 1.807) is 18.2 Å². The highest BCUT2D eigenvalue weighted by molar-refractivity contribution is 14.1. The fourth-order valence-electron chi connectivity index (χ4n) is 2.13. The first-order valence-electron chi connectivity index (χ1n) is 5.83. The number of aromatic amines is 1. The molecule has 0 aliphatic rings. The number of imidazole rings is 1. The fourth-order valence-corrected chi connectivity index (χ4v) is 2.91. The van der Waals surface area contributed by atoms with Crippen LogP contribution in [0.2, 0.25) is 0 Å². The van der Waals surface area contributed by atoms with Gasteiger partial charge < -0.3 is 4.98 Å². The number of fused-ring (bicyclic) bond motifs is 1. The van der Waals surface area contributed by atoms with Gasteiger partial charge in [0.05, 0.1) is 20.3 Å². The molecular weight excluding hydrogens is 393 g/mol. The van der Waals surface area contributed by atoms with Crippen molar-refractivity contribution in [2.45, 2.75) is 6.92 Å². The first-order valence-corrected chi connectivity index (χ1v) is 7.32. The Labute approximate surface area is 132 Å². The Morgan fingerprint density at radius 1 is 1.15 bits per heavy atom. The number of benzene rings is 2. The predicted molar refractivity (Wildman–Crippen MR) is 85.8 cm³/mol. The number of rotatable bonds is 1. The molecule has 0 unspecified atom stereocenters. The molecule has 1 aromatic heterocycles. The third kappa shape index (κ3) is 2.16. The second-order valence-electron chi connectivity index (χ2n) is 4.50. The number of aromatic nitrogens is 2. The quantitative estimate of drug-likeness (QED) is 0.455. The Balaban J connectivity index is 2.39. The van der Waals surface area contributed by atoms with E-state index < -0.39 is 0 Å². The largest absolute Gasteiger partial charge is 0.330 e. The van der Waals surface area contributed by atoms with E-state index in [1.807, 2.05) is 29.5 Å². The third-order valence-electron chi connectivity index (χ3n) is 3.07. The van der Waals surface area contributed by atoms with Crippen LogP contribution in [0.3, 0.4) is 0 Å². The van der Waals surface area contributed by atoms with Gasteiger partial charge >= 0.3 is 0 Å². The standard InChI is InChI=1S/C14H9F2IN2S/c1-7-2-3-12(9(16)4-7)19-13-5-8(15)10(17)6-11(13)18-14(19)20/h2-6H,1H3,(H,18,20). The lowest BCUT2D eigenvalue weighted by molar-refractivity contribution is 0.615. The van der Waals surface area contributed by atoms with E-state index in [0.29, 0.717) is 25.1 Å². The second-order valence-corrected chi connectivity index (χ2v) is 6.05. The van der Waals surface area contributed by atoms with Gasteiger partial charge in [0.25, 0.3) is 0 Å². The Kier molecular flexibility index (Phi) is 3.37. The summed E-state index contributed by atoms with van der Waals surface area (Å²) in [4.78, 5) is 2.98. The molecule has 0 radical (unpaired) electrons. The molecule has 3 rings (SSSR count). The molecule has 0 saturated carbocycles. The molecule has 0 spiro atoms. The zero-order valence-corrected chi connectivity index (χ0v) is 13.4. The van der Waals surface area contributed by atoms with Crippen molar-refractivity contribution in [1.82, 2.24) is 9.55 Å². The second kappa shape index (κ2) is 4.92. The summed E-state index contributed by atoms with van der Waals surface area (Å²) in [5, 5.41) is 0. The van der Waals surface area contributed by atoms with Gasteiger partial charge in [-0.2, -0.15) is 0 Å². The van der Waals surface area contributed by atoms with Crippen molar-refractivity contribution < 1.29 is 8.78 Å². The average Bonchev–Trinajstić information content (AvgIpc) is 2.66. The SMILES string of the molecule is Cc1ccc(-n2c(=S)[nH]c3cc(I)c(F)cc32)c(F)c1. The normalized spacial score (nSPS) is 11.2. The lowest BCUT2D eigenvalue weighted by atomic mass is 10.2. The van der Waals surface area contributed by atoms with Crippen LogP contribution in [0, 0.1) is 26.9 Å². The Morgan fingerprint density at radius 2 is 1.90 bits per heavy atom. The minimum absolute atomic E-state index is 0.312. The van der Waals surface area contributed by atoms with Crippen LogP contribution in [0.15, 0.2) is 30.3 Å². The number of hydrogen-bond donors (Lipinski definition) is 1. The molecule has 102 valence electrons. The molecular formula is C14H9F2IN2S. The molecule has 0 fully saturated rings. The van der Waals surface area contributed by atoms with Crippen molar-refractivity contribution in [3.05, 3.63) is 55.9 Å². The number of halogens is 3. The van der Waals surface area contributed by atoms with E-state index >= 15 is 0 Å². The van der Waals surface area contributed by atoms with Crippen LogP contribution in [-0.4, -0.2) is 9.55 Å². The highest BCUT2D eigenvalue weighted by Gasteiger charge is 2.13. The van der Waals surface area contributed by atoms with E-state index in [9.17, 15) is 8.78 Å². The summed E-state index contributed by atoms with van der Waals surface area (Å²) >= 11 is 7.14. The summed E-state index contributed by atoms with van der Waals surface area (Å²) in [5.74, 6) is -0.741. The summed E-state index contributed by atoms with van der Waals surface area (Å²) in [6.45, 7) is 1.81. The Hall–Kier alpha value is -1.28. The van der Waals surface area contributed by atoms with Crippen molar-refractivity contribution in [1.29, 1.82) is 0 Å². The van der Waals surface area contributed by atoms with E-state index in [0.717, 1.165) is 5.56 Å². The highest BCUT2D eigenvalue weighted by atomic mass is 127. The van der Waals surface area contributed by atoms with Gasteiger partial charge in [-0.3, -0.25) is 4.57 Å². The maximum absolute atomic E-state index is 14.1. The monoisotopic (exact) mass is 402 g/mol. The number of nitrogens with one attached hydrogen (secondary N) is 1. The molecule has 6 heteroatoms. The summed E-state index contributed by atoms with van der Waals surface area (Å²) in [5.41, 5.74) is 2.34. The molecule has 0 amide bonds. The molecule has 0 bridgehead atoms. The zero-order chi connectivity index (χ0) is 14.4. The minimum atomic E-state index is -0.388. The summed E-state index contributed by atoms with van der Waals surface area (Å²) in [6, 6.07) is 7.89. The van der Waals surface area contributed by atoms with Gasteiger partial charge in [0, 0.05) is 6.07 Å². The first-order chi connectivity index (χ1) is 9.47. The maximum Gasteiger partial charge on any atom is 0.182 e. The average molecular weight is 402 g/mol. The number of H-pyrrole nitrogens is 1. The topological polar surface area (TPSA) is 20.7 Å². The molecule has 3 aromatic rings. The Bertz CT molecular complexity index is 883. The van der Waals surface area contributed by atoms with Gasteiger partial charge in [0.1, 0.15) is 11.6 Å². The summed E-state index contributed by atoms with van der Waals surface area (Å²) in [6.07, 6.45) is 0. The number of aryl methyl sites for hydroxylation is 1. The minimum Gasteiger partial charge on any atom is -0.330 e. The van der Waals surface area contributed by atoms with Crippen molar-refractivity contribution >= 4 is 45.8 Å². The fraction of sp³-hybridized carbons (Fsp3) is 0.0714. The predicted octanol–water partition coefficient (Wildman–Crippen LogP) is 4.88. The lowest BCUT2D eigenvalue weighted by Gasteiger charge is -2.07. The first kappa shape index (κ1) is 13.7. The van der Waals surface area contributed by atoms with Crippen LogP contribution in [-0.2, 0) is 0 Å². The summed E-state index contributed by atoms with van der Waals surface area (Å²) in [7, 11) is 0. The van der Waals surface area contributed by atoms with Crippen LogP contribution in [0.4, 0.5) is 8.78 Å². The summed E-state index contributed by atoms with van der Waals surface area (Å²) < 4.78 is 30.2. The maximum atomic E-state index is 14.1. The van der Waals surface area contributed by atoms with Crippen molar-refractivity contribution in [2.24, 2.45) is 0 Å². The van der Waals surface area contributed by atoms with Gasteiger partial charge in [-0.25, -0.2) is 8.78 Å². The molecule has 0 aliphatic heterocycles. The highest BCUT2D eigenvalue weighted by Crippen LogP contribution is 2.25. The van der Waals surface area contributed by atoms with Crippen LogP contribution in [0.25, 0.3) is 16.7 Å². The van der Waals surface area contributed by atoms with Crippen LogP contribution < -0.4 is 0 Å². The number of hydrogen-bond acceptors (Lipinski definition) is 1. The van der Waals surface area contributed by atoms with Crippen LogP contribution in [0.1, 0.15) is 5.56 Å². The smallest absolute Gasteiger partial charge is 0.182 e. The van der Waals surface area contributed by atoms with E-state index in [-0.39, 0.29) is 11.6 Å². The van der Waals surface area contributed by atoms with Crippen LogP contribution >= 0.6 is 34.8 Å². The molecule has 0 aliphatic carbocycles. The third-order valence-corrected chi connectivity index (χ3v) is 4.18. The van der Waals surface area contributed by atoms with Crippen molar-refractivity contribution in [3.8, 4) is 5.69 Å². The van der Waals surface area contributed by atoms with E-state index in [4.69, 9.17) is 12.2 Å². The molecule has 2 aromatic carbocycles. The van der Waals surface area contributed by atoms with Gasteiger partial charge in [-0.15, -0.1) is 0 Å². The number of nitrogens with zero attached hydrogens (tertiary/aromatic N) is 1. The zero-order valence-electron chi connectivity index (χ0n) is 10.4. The van der Waals surface area contributed by atoms with Gasteiger partial charge in [-0.05, 0) is 65.5 Å². The molecule has 1 heterocycles. The molecule has 0 atom stereocenters. The van der Waals surface area contributed by atoms with Gasteiger partial charge in [-0.1, -0.05) is 6.07 Å².